The fourth-order valence-electron chi connectivity index (χ4n) is 8.12. The highest BCUT2D eigenvalue weighted by atomic mass is 16.5. The number of nitrogens with zero attached hydrogens (tertiary/aromatic N) is 2. The van der Waals surface area contributed by atoms with Gasteiger partial charge in [0.15, 0.2) is 11.5 Å². The highest BCUT2D eigenvalue weighted by Crippen LogP contribution is 2.69. The summed E-state index contributed by atoms with van der Waals surface area (Å²) in [6, 6.07) is 6.21. The number of hydrogen-bond acceptors (Lipinski definition) is 5. The third kappa shape index (κ3) is 2.89. The van der Waals surface area contributed by atoms with Gasteiger partial charge in [-0.3, -0.25) is 9.69 Å². The molecule has 3 fully saturated rings. The summed E-state index contributed by atoms with van der Waals surface area (Å²) in [6.07, 6.45) is 13.3. The Bertz CT molecular complexity index is 1200. The molecule has 1 aromatic heterocycles. The van der Waals surface area contributed by atoms with E-state index in [1.807, 2.05) is 24.1 Å². The lowest BCUT2D eigenvalue weighted by atomic mass is 9.43. The molecule has 0 radical (unpaired) electrons. The van der Waals surface area contributed by atoms with Gasteiger partial charge < -0.3 is 19.2 Å². The number of likely N-dealkylation sites (tertiary alicyclic amines) is 1. The summed E-state index contributed by atoms with van der Waals surface area (Å²) in [4.78, 5) is 17.9. The molecule has 2 aromatic rings. The molecular formula is C29H34N2O4. The number of carbonyl (C=O) groups is 1. The molecule has 2 saturated carbocycles. The quantitative estimate of drug-likeness (QED) is 0.652. The number of aromatic hydroxyl groups is 1. The van der Waals surface area contributed by atoms with Crippen LogP contribution in [0.2, 0.25) is 0 Å². The second-order valence-corrected chi connectivity index (χ2v) is 11.7. The van der Waals surface area contributed by atoms with Crippen LogP contribution >= 0.6 is 0 Å². The zero-order valence-electron chi connectivity index (χ0n) is 20.6. The Kier molecular flexibility index (Phi) is 4.55. The van der Waals surface area contributed by atoms with Crippen LogP contribution < -0.4 is 4.74 Å². The van der Waals surface area contributed by atoms with E-state index in [2.05, 4.69) is 17.9 Å². The van der Waals surface area contributed by atoms with Gasteiger partial charge in [-0.05, 0) is 80.2 Å². The van der Waals surface area contributed by atoms with Gasteiger partial charge in [0.1, 0.15) is 6.10 Å². The minimum absolute atomic E-state index is 0.0290. The minimum Gasteiger partial charge on any atom is -0.504 e. The lowest BCUT2D eigenvalue weighted by Gasteiger charge is -2.66. The Morgan fingerprint density at radius 2 is 2.11 bits per heavy atom. The summed E-state index contributed by atoms with van der Waals surface area (Å²) in [5.41, 5.74) is 3.33. The lowest BCUT2D eigenvalue weighted by Crippen LogP contribution is -2.73. The monoisotopic (exact) mass is 474 g/mol. The van der Waals surface area contributed by atoms with Crippen LogP contribution in [0, 0.1) is 11.3 Å². The largest absolute Gasteiger partial charge is 0.504 e. The van der Waals surface area contributed by atoms with Crippen LogP contribution in [-0.2, 0) is 16.6 Å². The Morgan fingerprint density at radius 3 is 2.89 bits per heavy atom. The number of phenols is 1. The molecule has 1 spiro atoms. The molecular weight excluding hydrogens is 440 g/mol. The number of carbonyl (C=O) groups excluding carboxylic acids is 1. The summed E-state index contributed by atoms with van der Waals surface area (Å²) < 4.78 is 11.9. The lowest BCUT2D eigenvalue weighted by molar-refractivity contribution is -0.150. The van der Waals surface area contributed by atoms with Crippen molar-refractivity contribution < 1.29 is 19.1 Å². The Labute approximate surface area is 206 Å². The van der Waals surface area contributed by atoms with Crippen LogP contribution in [0.3, 0.4) is 0 Å². The van der Waals surface area contributed by atoms with Crippen LogP contribution in [0.4, 0.5) is 0 Å². The molecule has 1 amide bonds. The van der Waals surface area contributed by atoms with Gasteiger partial charge in [-0.2, -0.15) is 0 Å². The maximum absolute atomic E-state index is 13.3. The average molecular weight is 475 g/mol. The highest BCUT2D eigenvalue weighted by molar-refractivity contribution is 5.91. The molecule has 3 heterocycles. The molecule has 35 heavy (non-hydrogen) atoms. The normalized spacial score (nSPS) is 35.1. The van der Waals surface area contributed by atoms with E-state index in [-0.39, 0.29) is 34.6 Å². The fourth-order valence-corrected chi connectivity index (χ4v) is 8.12. The van der Waals surface area contributed by atoms with E-state index < -0.39 is 0 Å². The van der Waals surface area contributed by atoms with Gasteiger partial charge in [0.05, 0.1) is 18.6 Å². The third-order valence-corrected chi connectivity index (χ3v) is 10.1. The van der Waals surface area contributed by atoms with E-state index in [1.54, 1.807) is 24.7 Å². The summed E-state index contributed by atoms with van der Waals surface area (Å²) in [6.45, 7) is 4.75. The molecule has 5 aliphatic rings. The number of hydrogen-bond donors (Lipinski definition) is 1. The average Bonchev–Trinajstić information content (AvgIpc) is 3.36. The molecule has 184 valence electrons. The summed E-state index contributed by atoms with van der Waals surface area (Å²) >= 11 is 0. The van der Waals surface area contributed by atoms with E-state index in [0.29, 0.717) is 11.8 Å². The van der Waals surface area contributed by atoms with Crippen molar-refractivity contribution in [3.63, 3.8) is 0 Å². The second kappa shape index (κ2) is 7.39. The molecule has 1 aromatic carbocycles. The number of ether oxygens (including phenoxy) is 1. The second-order valence-electron chi connectivity index (χ2n) is 11.7. The van der Waals surface area contributed by atoms with E-state index >= 15 is 0 Å². The summed E-state index contributed by atoms with van der Waals surface area (Å²) in [5, 5.41) is 10.9. The minimum atomic E-state index is -0.175. The topological polar surface area (TPSA) is 66.2 Å². The molecule has 5 atom stereocenters. The molecule has 7 rings (SSSR count). The summed E-state index contributed by atoms with van der Waals surface area (Å²) in [5.74, 6) is 1.75. The van der Waals surface area contributed by atoms with Gasteiger partial charge >= 0.3 is 0 Å². The molecule has 6 nitrogen and oxygen atoms in total. The highest BCUT2D eigenvalue weighted by Gasteiger charge is 2.71. The van der Waals surface area contributed by atoms with E-state index in [0.717, 1.165) is 43.7 Å². The number of phenolic OH excluding ortho intramolecular Hbond substituents is 1. The molecule has 0 unspecified atom stereocenters. The Hall–Kier alpha value is -2.73. The predicted molar refractivity (Wildman–Crippen MR) is 132 cm³/mol. The smallest absolute Gasteiger partial charge is 0.246 e. The molecule has 6 heteroatoms. The molecule has 2 aliphatic heterocycles. The molecule has 1 N–H and O–H groups in total. The van der Waals surface area contributed by atoms with Crippen molar-refractivity contribution in [3.8, 4) is 11.5 Å². The fraction of sp³-hybridized carbons (Fsp3) is 0.552. The van der Waals surface area contributed by atoms with Crippen LogP contribution in [-0.4, -0.2) is 59.1 Å². The summed E-state index contributed by atoms with van der Waals surface area (Å²) in [7, 11) is 1.90. The van der Waals surface area contributed by atoms with Crippen LogP contribution in [0.5, 0.6) is 11.5 Å². The molecule has 1 saturated heterocycles. The van der Waals surface area contributed by atoms with E-state index in [1.165, 1.54) is 30.5 Å². The maximum Gasteiger partial charge on any atom is 0.246 e. The number of furan rings is 1. The number of rotatable bonds is 5. The van der Waals surface area contributed by atoms with Crippen molar-refractivity contribution in [2.24, 2.45) is 11.3 Å². The van der Waals surface area contributed by atoms with Gasteiger partial charge in [-0.25, -0.2) is 0 Å². The van der Waals surface area contributed by atoms with Gasteiger partial charge in [0.25, 0.3) is 0 Å². The maximum atomic E-state index is 13.3. The van der Waals surface area contributed by atoms with Gasteiger partial charge in [0.2, 0.25) is 5.91 Å². The predicted octanol–water partition coefficient (Wildman–Crippen LogP) is 4.36. The third-order valence-electron chi connectivity index (χ3n) is 10.1. The first-order chi connectivity index (χ1) is 16.9. The van der Waals surface area contributed by atoms with Crippen molar-refractivity contribution in [3.05, 3.63) is 53.5 Å². The molecule has 3 aliphatic carbocycles. The standard InChI is InChI=1S/C29H34N2O4/c1-28-11-9-21(30(2)24(33)8-5-19-10-14-34-17-19)27-29(28)12-13-31(16-18-3-4-18)23(28)15-20-6-7-22(32)26(35-27)25(20)29/h5-8,10,14,17-18,21,23,27,32H,3-4,9,11-13,15-16H2,1-2H3/b8-5+/t21-,23+,27-,28-,29-/m0/s1. The zero-order chi connectivity index (χ0) is 23.9. The molecule has 2 bridgehead atoms. The van der Waals surface area contributed by atoms with Crippen molar-refractivity contribution in [1.29, 1.82) is 0 Å². The zero-order valence-corrected chi connectivity index (χ0v) is 20.6. The Balaban J connectivity index is 1.28. The van der Waals surface area contributed by atoms with E-state index in [4.69, 9.17) is 9.15 Å². The van der Waals surface area contributed by atoms with Crippen molar-refractivity contribution in [2.75, 3.05) is 20.1 Å². The van der Waals surface area contributed by atoms with Gasteiger partial charge in [-0.15, -0.1) is 0 Å². The van der Waals surface area contributed by atoms with Gasteiger partial charge in [-0.1, -0.05) is 13.0 Å². The number of piperidine rings is 1. The number of benzene rings is 1. The van der Waals surface area contributed by atoms with Crippen LogP contribution in [0.1, 0.15) is 55.7 Å². The SMILES string of the molecule is CN(C(=O)/C=C/c1ccoc1)[C@H]1CC[C@@]2(C)[C@H]3Cc4ccc(O)c5c4[C@@]2(CCN3CC2CC2)[C@H]1O5. The first kappa shape index (κ1) is 21.5. The van der Waals surface area contributed by atoms with Crippen LogP contribution in [0.25, 0.3) is 6.08 Å². The van der Waals surface area contributed by atoms with E-state index in [9.17, 15) is 9.90 Å². The van der Waals surface area contributed by atoms with Crippen molar-refractivity contribution >= 4 is 12.0 Å². The van der Waals surface area contributed by atoms with Crippen LogP contribution in [0.15, 0.2) is 41.2 Å². The number of likely N-dealkylation sites (N-methyl/N-ethyl adjacent to an activating group) is 1. The van der Waals surface area contributed by atoms with Crippen molar-refractivity contribution in [2.45, 2.75) is 69.1 Å². The Morgan fingerprint density at radius 1 is 1.26 bits per heavy atom. The number of amides is 1. The van der Waals surface area contributed by atoms with Crippen molar-refractivity contribution in [1.82, 2.24) is 9.80 Å². The van der Waals surface area contributed by atoms with Gasteiger partial charge in [0, 0.05) is 42.3 Å². The first-order valence-corrected chi connectivity index (χ1v) is 13.2. The first-order valence-electron chi connectivity index (χ1n) is 13.2.